The van der Waals surface area contributed by atoms with Crippen LogP contribution in [0.4, 0.5) is 0 Å². The zero-order valence-corrected chi connectivity index (χ0v) is 7.93. The van der Waals surface area contributed by atoms with E-state index in [0.717, 1.165) is 6.20 Å². The summed E-state index contributed by atoms with van der Waals surface area (Å²) < 4.78 is 0. The number of rotatable bonds is 4. The molecule has 0 atom stereocenters. The van der Waals surface area contributed by atoms with Crippen LogP contribution < -0.4 is 5.32 Å². The molecule has 15 heavy (non-hydrogen) atoms. The molecule has 2 N–H and O–H groups in total. The molecule has 1 heterocycles. The summed E-state index contributed by atoms with van der Waals surface area (Å²) >= 11 is 0. The number of carboxylic acids is 1. The molecule has 0 aliphatic heterocycles. The van der Waals surface area contributed by atoms with Gasteiger partial charge in [0.1, 0.15) is 0 Å². The maximum atomic E-state index is 11.5. The van der Waals surface area contributed by atoms with E-state index in [-0.39, 0.29) is 11.1 Å². The molecule has 0 aliphatic rings. The number of nitrogens with one attached hydrogen (secondary N) is 1. The van der Waals surface area contributed by atoms with Gasteiger partial charge in [-0.1, -0.05) is 6.08 Å². The van der Waals surface area contributed by atoms with Crippen LogP contribution in [0.3, 0.4) is 0 Å². The minimum absolute atomic E-state index is 0.0966. The summed E-state index contributed by atoms with van der Waals surface area (Å²) in [6.07, 6.45) is 4.03. The van der Waals surface area contributed by atoms with Crippen molar-refractivity contribution in [1.29, 1.82) is 0 Å². The Morgan fingerprint density at radius 3 is 2.87 bits per heavy atom. The Kier molecular flexibility index (Phi) is 3.56. The van der Waals surface area contributed by atoms with E-state index in [9.17, 15) is 9.59 Å². The SMILES string of the molecule is C=CCNC(=O)c1ccncc1C(=O)O. The first kappa shape index (κ1) is 10.9. The lowest BCUT2D eigenvalue weighted by Gasteiger charge is -2.04. The number of carboxylic acid groups (broad SMARTS) is 1. The Labute approximate surface area is 86.5 Å². The lowest BCUT2D eigenvalue weighted by atomic mass is 10.1. The molecule has 5 nitrogen and oxygen atoms in total. The average Bonchev–Trinajstić information content (AvgIpc) is 2.25. The van der Waals surface area contributed by atoms with E-state index in [2.05, 4.69) is 16.9 Å². The number of hydrogen-bond acceptors (Lipinski definition) is 3. The fraction of sp³-hybridized carbons (Fsp3) is 0.100. The highest BCUT2D eigenvalue weighted by molar-refractivity contribution is 6.04. The first-order valence-corrected chi connectivity index (χ1v) is 4.23. The van der Waals surface area contributed by atoms with Crippen LogP contribution in [0.25, 0.3) is 0 Å². The zero-order chi connectivity index (χ0) is 11.3. The van der Waals surface area contributed by atoms with Gasteiger partial charge in [0.2, 0.25) is 0 Å². The standard InChI is InChI=1S/C10H10N2O3/c1-2-4-12-9(13)7-3-5-11-6-8(7)10(14)15/h2-3,5-6H,1,4H2,(H,12,13)(H,14,15). The van der Waals surface area contributed by atoms with Crippen molar-refractivity contribution in [2.45, 2.75) is 0 Å². The van der Waals surface area contributed by atoms with E-state index < -0.39 is 11.9 Å². The van der Waals surface area contributed by atoms with Crippen LogP contribution >= 0.6 is 0 Å². The van der Waals surface area contributed by atoms with Crippen molar-refractivity contribution in [1.82, 2.24) is 10.3 Å². The van der Waals surface area contributed by atoms with Gasteiger partial charge >= 0.3 is 5.97 Å². The molecule has 1 aromatic rings. The molecular weight excluding hydrogens is 196 g/mol. The van der Waals surface area contributed by atoms with Gasteiger partial charge in [0, 0.05) is 18.9 Å². The highest BCUT2D eigenvalue weighted by Gasteiger charge is 2.15. The highest BCUT2D eigenvalue weighted by Crippen LogP contribution is 2.06. The number of nitrogens with zero attached hydrogens (tertiary/aromatic N) is 1. The van der Waals surface area contributed by atoms with Crippen molar-refractivity contribution in [2.24, 2.45) is 0 Å². The summed E-state index contributed by atoms with van der Waals surface area (Å²) in [4.78, 5) is 25.9. The second kappa shape index (κ2) is 4.90. The molecule has 0 spiro atoms. The number of hydrogen-bond donors (Lipinski definition) is 2. The van der Waals surface area contributed by atoms with Crippen LogP contribution in [-0.4, -0.2) is 28.5 Å². The Hall–Kier alpha value is -2.17. The van der Waals surface area contributed by atoms with Gasteiger partial charge in [-0.3, -0.25) is 9.78 Å². The Balaban J connectivity index is 2.97. The van der Waals surface area contributed by atoms with Gasteiger partial charge in [-0.05, 0) is 6.07 Å². The van der Waals surface area contributed by atoms with Crippen LogP contribution in [0, 0.1) is 0 Å². The van der Waals surface area contributed by atoms with Crippen molar-refractivity contribution in [3.8, 4) is 0 Å². The second-order valence-corrected chi connectivity index (χ2v) is 2.73. The van der Waals surface area contributed by atoms with Crippen molar-refractivity contribution in [3.05, 3.63) is 42.2 Å². The Morgan fingerprint density at radius 1 is 1.53 bits per heavy atom. The smallest absolute Gasteiger partial charge is 0.338 e. The van der Waals surface area contributed by atoms with E-state index in [4.69, 9.17) is 5.11 Å². The number of aromatic nitrogens is 1. The van der Waals surface area contributed by atoms with Crippen molar-refractivity contribution in [2.75, 3.05) is 6.54 Å². The van der Waals surface area contributed by atoms with E-state index in [1.54, 1.807) is 0 Å². The molecule has 78 valence electrons. The average molecular weight is 206 g/mol. The van der Waals surface area contributed by atoms with Gasteiger partial charge in [0.25, 0.3) is 5.91 Å². The van der Waals surface area contributed by atoms with Crippen molar-refractivity contribution < 1.29 is 14.7 Å². The molecular formula is C10H10N2O3. The van der Waals surface area contributed by atoms with Crippen LogP contribution in [0.2, 0.25) is 0 Å². The molecule has 1 amide bonds. The number of aromatic carboxylic acids is 1. The minimum atomic E-state index is -1.17. The van der Waals surface area contributed by atoms with Gasteiger partial charge < -0.3 is 10.4 Å². The molecule has 0 radical (unpaired) electrons. The topological polar surface area (TPSA) is 79.3 Å². The Bertz CT molecular complexity index is 401. The van der Waals surface area contributed by atoms with Crippen LogP contribution in [0.1, 0.15) is 20.7 Å². The fourth-order valence-electron chi connectivity index (χ4n) is 1.02. The molecule has 0 saturated heterocycles. The third-order valence-electron chi connectivity index (χ3n) is 1.70. The Morgan fingerprint density at radius 2 is 2.27 bits per heavy atom. The molecule has 0 aliphatic carbocycles. The number of pyridine rings is 1. The molecule has 0 aromatic carbocycles. The van der Waals surface area contributed by atoms with E-state index in [1.165, 1.54) is 18.3 Å². The molecule has 0 saturated carbocycles. The summed E-state index contributed by atoms with van der Waals surface area (Å²) in [5, 5.41) is 11.3. The third kappa shape index (κ3) is 2.63. The summed E-state index contributed by atoms with van der Waals surface area (Å²) in [6, 6.07) is 1.36. The number of carbonyl (C=O) groups excluding carboxylic acids is 1. The third-order valence-corrected chi connectivity index (χ3v) is 1.70. The second-order valence-electron chi connectivity index (χ2n) is 2.73. The van der Waals surface area contributed by atoms with Gasteiger partial charge in [0.05, 0.1) is 11.1 Å². The quantitative estimate of drug-likeness (QED) is 0.710. The molecule has 1 aromatic heterocycles. The zero-order valence-electron chi connectivity index (χ0n) is 7.93. The fourth-order valence-corrected chi connectivity index (χ4v) is 1.02. The molecule has 0 unspecified atom stereocenters. The first-order chi connectivity index (χ1) is 7.16. The summed E-state index contributed by atoms with van der Waals surface area (Å²) in [7, 11) is 0. The number of carbonyl (C=O) groups is 2. The van der Waals surface area contributed by atoms with E-state index in [1.807, 2.05) is 0 Å². The van der Waals surface area contributed by atoms with E-state index in [0.29, 0.717) is 6.54 Å². The minimum Gasteiger partial charge on any atom is -0.478 e. The predicted octanol–water partition coefficient (Wildman–Crippen LogP) is 0.696. The monoisotopic (exact) mass is 206 g/mol. The molecule has 5 heteroatoms. The van der Waals surface area contributed by atoms with Crippen LogP contribution in [-0.2, 0) is 0 Å². The van der Waals surface area contributed by atoms with Gasteiger partial charge in [-0.2, -0.15) is 0 Å². The predicted molar refractivity (Wildman–Crippen MR) is 53.7 cm³/mol. The lowest BCUT2D eigenvalue weighted by Crippen LogP contribution is -2.25. The largest absolute Gasteiger partial charge is 0.478 e. The number of amides is 1. The van der Waals surface area contributed by atoms with Crippen molar-refractivity contribution >= 4 is 11.9 Å². The van der Waals surface area contributed by atoms with Gasteiger partial charge in [0.15, 0.2) is 0 Å². The molecule has 1 rings (SSSR count). The van der Waals surface area contributed by atoms with Crippen molar-refractivity contribution in [3.63, 3.8) is 0 Å². The maximum Gasteiger partial charge on any atom is 0.338 e. The van der Waals surface area contributed by atoms with Crippen LogP contribution in [0.15, 0.2) is 31.1 Å². The molecule has 0 fully saturated rings. The highest BCUT2D eigenvalue weighted by atomic mass is 16.4. The lowest BCUT2D eigenvalue weighted by molar-refractivity contribution is 0.0690. The first-order valence-electron chi connectivity index (χ1n) is 4.23. The van der Waals surface area contributed by atoms with Crippen LogP contribution in [0.5, 0.6) is 0 Å². The van der Waals surface area contributed by atoms with E-state index >= 15 is 0 Å². The maximum absolute atomic E-state index is 11.5. The van der Waals surface area contributed by atoms with Gasteiger partial charge in [-0.15, -0.1) is 6.58 Å². The summed E-state index contributed by atoms with van der Waals surface area (Å²) in [6.45, 7) is 3.73. The normalized spacial score (nSPS) is 9.33. The summed E-state index contributed by atoms with van der Waals surface area (Å²) in [5.41, 5.74) is -0.0154. The molecule has 0 bridgehead atoms. The van der Waals surface area contributed by atoms with Gasteiger partial charge in [-0.25, -0.2) is 4.79 Å². The summed E-state index contributed by atoms with van der Waals surface area (Å²) in [5.74, 6) is -1.62.